The Bertz CT molecular complexity index is 355. The summed E-state index contributed by atoms with van der Waals surface area (Å²) >= 11 is 0. The third-order valence-electron chi connectivity index (χ3n) is 2.77. The van der Waals surface area contributed by atoms with E-state index in [9.17, 15) is 4.79 Å². The highest BCUT2D eigenvalue weighted by Crippen LogP contribution is 2.23. The fraction of sp³-hybridized carbons (Fsp3) is 0.300. The molecule has 1 aromatic rings. The van der Waals surface area contributed by atoms with E-state index < -0.39 is 0 Å². The molecule has 0 saturated carbocycles. The molecule has 1 aromatic carbocycles. The first-order valence-corrected chi connectivity index (χ1v) is 4.32. The Balaban J connectivity index is 2.68. The number of carbonyl (C=O) groups is 1. The van der Waals surface area contributed by atoms with Crippen molar-refractivity contribution in [2.75, 3.05) is 0 Å². The van der Waals surface area contributed by atoms with Gasteiger partial charge in [0.15, 0.2) is 5.78 Å². The molecule has 0 unspecified atom stereocenters. The van der Waals surface area contributed by atoms with E-state index >= 15 is 0 Å². The molecule has 2 rings (SSSR count). The molecule has 0 aliphatic heterocycles. The van der Waals surface area contributed by atoms with Gasteiger partial charge in [-0.3, -0.25) is 4.79 Å². The van der Waals surface area contributed by atoms with Crippen molar-refractivity contribution in [2.45, 2.75) is 19.8 Å². The highest BCUT2D eigenvalue weighted by molar-refractivity contribution is 6.33. The topological polar surface area (TPSA) is 17.1 Å². The van der Waals surface area contributed by atoms with Crippen molar-refractivity contribution in [2.24, 2.45) is 0 Å². The van der Waals surface area contributed by atoms with E-state index in [4.69, 9.17) is 0 Å². The van der Waals surface area contributed by atoms with Crippen molar-refractivity contribution in [1.82, 2.24) is 0 Å². The molecule has 1 nitrogen and oxygen atoms in total. The lowest BCUT2D eigenvalue weighted by atomic mass is 9.87. The molecule has 0 heterocycles. The molecular formula is C10H11BO. The maximum atomic E-state index is 11.3. The molecule has 0 bridgehead atoms. The van der Waals surface area contributed by atoms with Crippen LogP contribution in [0, 0.1) is 6.92 Å². The van der Waals surface area contributed by atoms with Gasteiger partial charge in [-0.25, -0.2) is 0 Å². The monoisotopic (exact) mass is 158 g/mol. The number of Topliss-reactive ketones (excluding diaryl/α,β-unsaturated/α-hetero) is 1. The molecule has 0 aromatic heterocycles. The molecule has 2 heteroatoms. The van der Waals surface area contributed by atoms with Crippen molar-refractivity contribution in [3.05, 3.63) is 28.8 Å². The van der Waals surface area contributed by atoms with Gasteiger partial charge in [-0.05, 0) is 18.9 Å². The summed E-state index contributed by atoms with van der Waals surface area (Å²) in [6.07, 6.45) is 1.65. The zero-order chi connectivity index (χ0) is 8.72. The van der Waals surface area contributed by atoms with Crippen LogP contribution in [0.3, 0.4) is 0 Å². The molecule has 0 fully saturated rings. The minimum atomic E-state index is 0.313. The lowest BCUT2D eigenvalue weighted by Crippen LogP contribution is -2.10. The minimum absolute atomic E-state index is 0.313. The second-order valence-corrected chi connectivity index (χ2v) is 3.46. The maximum absolute atomic E-state index is 11.3. The lowest BCUT2D eigenvalue weighted by Gasteiger charge is -2.05. The molecule has 12 heavy (non-hydrogen) atoms. The highest BCUT2D eigenvalue weighted by Gasteiger charge is 2.20. The quantitative estimate of drug-likeness (QED) is 0.499. The minimum Gasteiger partial charge on any atom is -0.294 e. The van der Waals surface area contributed by atoms with Gasteiger partial charge in [-0.15, -0.1) is 0 Å². The summed E-state index contributed by atoms with van der Waals surface area (Å²) in [6, 6.07) is 4.00. The van der Waals surface area contributed by atoms with E-state index in [-0.39, 0.29) is 0 Å². The van der Waals surface area contributed by atoms with Gasteiger partial charge in [0.1, 0.15) is 7.85 Å². The molecule has 60 valence electrons. The first-order chi connectivity index (χ1) is 5.70. The summed E-state index contributed by atoms with van der Waals surface area (Å²) in [5.74, 6) is 0.313. The van der Waals surface area contributed by atoms with Gasteiger partial charge >= 0.3 is 0 Å². The Labute approximate surface area is 73.2 Å². The average molecular weight is 158 g/mol. The Hall–Kier alpha value is -1.05. The van der Waals surface area contributed by atoms with E-state index in [1.165, 1.54) is 16.6 Å². The van der Waals surface area contributed by atoms with Crippen LogP contribution in [-0.2, 0) is 6.42 Å². The zero-order valence-electron chi connectivity index (χ0n) is 7.48. The Kier molecular flexibility index (Phi) is 1.57. The molecule has 0 saturated heterocycles. The number of benzene rings is 1. The van der Waals surface area contributed by atoms with E-state index in [0.717, 1.165) is 12.0 Å². The largest absolute Gasteiger partial charge is 0.294 e. The van der Waals surface area contributed by atoms with Crippen molar-refractivity contribution >= 4 is 19.1 Å². The van der Waals surface area contributed by atoms with E-state index in [1.54, 1.807) is 0 Å². The summed E-state index contributed by atoms with van der Waals surface area (Å²) in [5.41, 5.74) is 4.83. The predicted octanol–water partition coefficient (Wildman–Crippen LogP) is 0.382. The van der Waals surface area contributed by atoms with Crippen LogP contribution in [-0.4, -0.2) is 13.6 Å². The summed E-state index contributed by atoms with van der Waals surface area (Å²) in [6.45, 7) is 2.10. The second kappa shape index (κ2) is 2.48. The fourth-order valence-electron chi connectivity index (χ4n) is 1.83. The number of rotatable bonds is 0. The van der Waals surface area contributed by atoms with Gasteiger partial charge in [0, 0.05) is 12.0 Å². The van der Waals surface area contributed by atoms with E-state index in [1.807, 2.05) is 12.1 Å². The third kappa shape index (κ3) is 0.910. The van der Waals surface area contributed by atoms with Gasteiger partial charge in [-0.2, -0.15) is 0 Å². The van der Waals surface area contributed by atoms with Crippen LogP contribution in [0.25, 0.3) is 0 Å². The third-order valence-corrected chi connectivity index (χ3v) is 2.77. The van der Waals surface area contributed by atoms with Gasteiger partial charge in [0.2, 0.25) is 0 Å². The summed E-state index contributed by atoms with van der Waals surface area (Å²) in [7, 11) is 2.10. The first-order valence-electron chi connectivity index (χ1n) is 4.32. The van der Waals surface area contributed by atoms with Crippen molar-refractivity contribution in [3.63, 3.8) is 0 Å². The number of hydrogen-bond donors (Lipinski definition) is 0. The van der Waals surface area contributed by atoms with Crippen molar-refractivity contribution in [3.8, 4) is 0 Å². The van der Waals surface area contributed by atoms with Crippen LogP contribution in [0.4, 0.5) is 0 Å². The second-order valence-electron chi connectivity index (χ2n) is 3.46. The van der Waals surface area contributed by atoms with Crippen molar-refractivity contribution in [1.29, 1.82) is 0 Å². The molecule has 0 amide bonds. The molecule has 0 spiro atoms. The molecule has 0 N–H and O–H groups in total. The summed E-state index contributed by atoms with van der Waals surface area (Å²) in [4.78, 5) is 11.3. The van der Waals surface area contributed by atoms with Crippen LogP contribution < -0.4 is 5.46 Å². The molecule has 1 aliphatic rings. The average Bonchev–Trinajstić information content (AvgIpc) is 2.41. The normalized spacial score (nSPS) is 14.9. The number of ketones is 1. The molecule has 1 aliphatic carbocycles. The number of carbonyl (C=O) groups excluding carboxylic acids is 1. The fourth-order valence-corrected chi connectivity index (χ4v) is 1.83. The van der Waals surface area contributed by atoms with Gasteiger partial charge in [0.05, 0.1) is 0 Å². The molecular weight excluding hydrogens is 147 g/mol. The summed E-state index contributed by atoms with van der Waals surface area (Å²) < 4.78 is 0. The predicted molar refractivity (Wildman–Crippen MR) is 52.0 cm³/mol. The Morgan fingerprint density at radius 1 is 1.33 bits per heavy atom. The highest BCUT2D eigenvalue weighted by atomic mass is 16.1. The van der Waals surface area contributed by atoms with Gasteiger partial charge in [-0.1, -0.05) is 23.2 Å². The number of fused-ring (bicyclic) bond motifs is 1. The number of hydrogen-bond acceptors (Lipinski definition) is 1. The Morgan fingerprint density at radius 3 is 2.83 bits per heavy atom. The van der Waals surface area contributed by atoms with Crippen LogP contribution in [0.5, 0.6) is 0 Å². The smallest absolute Gasteiger partial charge is 0.163 e. The summed E-state index contributed by atoms with van der Waals surface area (Å²) in [5, 5.41) is 0. The first kappa shape index (κ1) is 7.60. The molecule has 0 radical (unpaired) electrons. The van der Waals surface area contributed by atoms with Gasteiger partial charge < -0.3 is 0 Å². The van der Waals surface area contributed by atoms with Crippen LogP contribution in [0.1, 0.15) is 27.9 Å². The zero-order valence-corrected chi connectivity index (χ0v) is 7.48. The Morgan fingerprint density at radius 2 is 2.08 bits per heavy atom. The SMILES string of the molecule is Bc1ccc2c(c1C)CCC2=O. The molecule has 0 atom stereocenters. The maximum Gasteiger partial charge on any atom is 0.163 e. The van der Waals surface area contributed by atoms with Crippen LogP contribution in [0.15, 0.2) is 12.1 Å². The van der Waals surface area contributed by atoms with E-state index in [2.05, 4.69) is 14.8 Å². The van der Waals surface area contributed by atoms with Crippen LogP contribution in [0.2, 0.25) is 0 Å². The van der Waals surface area contributed by atoms with Crippen LogP contribution >= 0.6 is 0 Å². The van der Waals surface area contributed by atoms with E-state index in [0.29, 0.717) is 12.2 Å². The van der Waals surface area contributed by atoms with Gasteiger partial charge in [0.25, 0.3) is 0 Å². The lowest BCUT2D eigenvalue weighted by molar-refractivity contribution is 0.0994. The standard InChI is InChI=1S/C10H11BO/c1-6-7-3-5-10(12)8(7)2-4-9(6)11/h2,4H,3,5,11H2,1H3. The van der Waals surface area contributed by atoms with Crippen molar-refractivity contribution < 1.29 is 4.79 Å².